The number of guanidine groups is 2. The van der Waals surface area contributed by atoms with E-state index in [1.165, 1.54) is 0 Å². The summed E-state index contributed by atoms with van der Waals surface area (Å²) in [6.07, 6.45) is 0. The van der Waals surface area contributed by atoms with Crippen LogP contribution in [0.3, 0.4) is 0 Å². The third-order valence-corrected chi connectivity index (χ3v) is 1.99. The molecule has 0 bridgehead atoms. The number of rotatable bonds is 2. The van der Waals surface area contributed by atoms with Crippen LogP contribution in [0, 0.1) is 0 Å². The number of hydrogen-bond acceptors (Lipinski definition) is 2. The van der Waals surface area contributed by atoms with Crippen LogP contribution in [0.1, 0.15) is 20.8 Å². The summed E-state index contributed by atoms with van der Waals surface area (Å²) in [5, 5.41) is 11.0. The Morgan fingerprint density at radius 3 is 2.19 bits per heavy atom. The summed E-state index contributed by atoms with van der Waals surface area (Å²) in [4.78, 5) is 17.0. The van der Waals surface area contributed by atoms with Crippen LogP contribution in [0.5, 0.6) is 0 Å². The van der Waals surface area contributed by atoms with Crippen LogP contribution in [0.15, 0.2) is 34.3 Å². The molecule has 1 rings (SSSR count). The molecule has 0 fully saturated rings. The van der Waals surface area contributed by atoms with E-state index in [4.69, 9.17) is 33.0 Å². The van der Waals surface area contributed by atoms with Gasteiger partial charge >= 0.3 is 0 Å². The highest BCUT2D eigenvalue weighted by molar-refractivity contribution is 6.30. The van der Waals surface area contributed by atoms with Crippen molar-refractivity contribution in [2.75, 3.05) is 5.32 Å². The molecule has 7 nitrogen and oxygen atoms in total. The molecule has 0 unspecified atom stereocenters. The van der Waals surface area contributed by atoms with Gasteiger partial charge in [0, 0.05) is 23.7 Å². The molecule has 0 spiro atoms. The zero-order chi connectivity index (χ0) is 16.4. The van der Waals surface area contributed by atoms with Crippen molar-refractivity contribution >= 4 is 35.2 Å². The zero-order valence-electron chi connectivity index (χ0n) is 12.2. The second kappa shape index (κ2) is 9.60. The van der Waals surface area contributed by atoms with E-state index in [1.54, 1.807) is 24.3 Å². The zero-order valence-corrected chi connectivity index (χ0v) is 12.9. The van der Waals surface area contributed by atoms with E-state index in [0.717, 1.165) is 12.6 Å². The molecule has 0 aromatic heterocycles. The van der Waals surface area contributed by atoms with Crippen LogP contribution in [0.25, 0.3) is 0 Å². The van der Waals surface area contributed by atoms with E-state index < -0.39 is 5.97 Å². The first-order valence-electron chi connectivity index (χ1n) is 6.10. The van der Waals surface area contributed by atoms with Crippen molar-refractivity contribution in [2.24, 2.45) is 21.5 Å². The summed E-state index contributed by atoms with van der Waals surface area (Å²) in [5.74, 6) is -0.492. The summed E-state index contributed by atoms with van der Waals surface area (Å²) in [6.45, 7) is 4.90. The molecular weight excluding hydrogens is 294 g/mol. The van der Waals surface area contributed by atoms with Gasteiger partial charge in [-0.1, -0.05) is 11.6 Å². The second-order valence-electron chi connectivity index (χ2n) is 4.23. The molecule has 1 aromatic carbocycles. The van der Waals surface area contributed by atoms with E-state index in [-0.39, 0.29) is 18.0 Å². The minimum atomic E-state index is -0.833. The molecule has 0 aliphatic rings. The fraction of sp³-hybridized carbons (Fsp3) is 0.308. The Balaban J connectivity index is 0.000000885. The molecule has 0 aliphatic carbocycles. The molecule has 0 saturated heterocycles. The van der Waals surface area contributed by atoms with Gasteiger partial charge in [0.15, 0.2) is 0 Å². The Labute approximate surface area is 128 Å². The van der Waals surface area contributed by atoms with E-state index in [0.29, 0.717) is 5.02 Å². The first kappa shape index (κ1) is 18.7. The van der Waals surface area contributed by atoms with Crippen LogP contribution in [0.4, 0.5) is 5.69 Å². The van der Waals surface area contributed by atoms with Crippen LogP contribution in [-0.4, -0.2) is 29.0 Å². The number of benzene rings is 1. The van der Waals surface area contributed by atoms with E-state index >= 15 is 0 Å². The highest BCUT2D eigenvalue weighted by Crippen LogP contribution is 2.12. The molecule has 0 saturated carbocycles. The van der Waals surface area contributed by atoms with Crippen molar-refractivity contribution in [3.05, 3.63) is 29.3 Å². The van der Waals surface area contributed by atoms with Crippen molar-refractivity contribution in [2.45, 2.75) is 26.8 Å². The SMILES string of the molecule is CC(=O)O.CC(C)N=C(N)/N=C(/N)Nc1ccc(Cl)cc1. The Bertz CT molecular complexity index is 508. The summed E-state index contributed by atoms with van der Waals surface area (Å²) < 4.78 is 0. The number of aliphatic imine (C=N–C) groups is 2. The Morgan fingerprint density at radius 1 is 1.29 bits per heavy atom. The summed E-state index contributed by atoms with van der Waals surface area (Å²) >= 11 is 5.76. The lowest BCUT2D eigenvalue weighted by molar-refractivity contribution is -0.134. The number of halogens is 1. The number of aliphatic carboxylic acids is 1. The second-order valence-corrected chi connectivity index (χ2v) is 4.67. The molecule has 6 N–H and O–H groups in total. The van der Waals surface area contributed by atoms with Crippen molar-refractivity contribution in [3.8, 4) is 0 Å². The molecule has 1 aromatic rings. The number of nitrogens with two attached hydrogens (primary N) is 2. The molecule has 21 heavy (non-hydrogen) atoms. The van der Waals surface area contributed by atoms with Gasteiger partial charge in [-0.2, -0.15) is 4.99 Å². The predicted molar refractivity (Wildman–Crippen MR) is 86.8 cm³/mol. The topological polar surface area (TPSA) is 126 Å². The van der Waals surface area contributed by atoms with Crippen LogP contribution in [0.2, 0.25) is 5.02 Å². The first-order valence-corrected chi connectivity index (χ1v) is 6.48. The molecular formula is C13H20ClN5O2. The van der Waals surface area contributed by atoms with Crippen molar-refractivity contribution in [3.63, 3.8) is 0 Å². The van der Waals surface area contributed by atoms with Gasteiger partial charge in [-0.05, 0) is 38.1 Å². The number of carbonyl (C=O) groups is 1. The lowest BCUT2D eigenvalue weighted by Gasteiger charge is -2.05. The number of hydrogen-bond donors (Lipinski definition) is 4. The molecule has 116 valence electrons. The fourth-order valence-corrected chi connectivity index (χ4v) is 1.25. The van der Waals surface area contributed by atoms with E-state index in [2.05, 4.69) is 15.3 Å². The standard InChI is InChI=1S/C11H16ClN5.C2H4O2/c1-7(2)15-10(13)17-11(14)16-9-5-3-8(12)4-6-9;1-2(3)4/h3-7H,1-2H3,(H5,13,14,15,16,17);1H3,(H,3,4). The lowest BCUT2D eigenvalue weighted by atomic mass is 10.3. The third kappa shape index (κ3) is 11.3. The largest absolute Gasteiger partial charge is 0.481 e. The van der Waals surface area contributed by atoms with Crippen LogP contribution in [-0.2, 0) is 4.79 Å². The fourth-order valence-electron chi connectivity index (χ4n) is 1.13. The molecule has 0 atom stereocenters. The van der Waals surface area contributed by atoms with Gasteiger partial charge in [-0.3, -0.25) is 4.79 Å². The highest BCUT2D eigenvalue weighted by Gasteiger charge is 1.97. The van der Waals surface area contributed by atoms with E-state index in [1.807, 2.05) is 13.8 Å². The minimum absolute atomic E-state index is 0.0853. The summed E-state index contributed by atoms with van der Waals surface area (Å²) in [6, 6.07) is 7.17. The molecule has 0 heterocycles. The Hall–Kier alpha value is -2.28. The molecule has 0 aliphatic heterocycles. The molecule has 0 radical (unpaired) electrons. The number of carboxylic acids is 1. The maximum Gasteiger partial charge on any atom is 0.300 e. The normalized spacial score (nSPS) is 11.7. The van der Waals surface area contributed by atoms with Gasteiger partial charge in [0.1, 0.15) is 0 Å². The minimum Gasteiger partial charge on any atom is -0.481 e. The number of nitrogens with one attached hydrogen (secondary N) is 1. The quantitative estimate of drug-likeness (QED) is 0.490. The number of anilines is 1. The average Bonchev–Trinajstić information content (AvgIpc) is 2.30. The first-order chi connectivity index (χ1) is 9.70. The lowest BCUT2D eigenvalue weighted by Crippen LogP contribution is -2.26. The van der Waals surface area contributed by atoms with Gasteiger partial charge in [0.05, 0.1) is 0 Å². The monoisotopic (exact) mass is 313 g/mol. The maximum absolute atomic E-state index is 9.00. The summed E-state index contributed by atoms with van der Waals surface area (Å²) in [5.41, 5.74) is 12.0. The Kier molecular flexibility index (Phi) is 8.55. The van der Waals surface area contributed by atoms with Gasteiger partial charge in [-0.25, -0.2) is 4.99 Å². The Morgan fingerprint density at radius 2 is 1.76 bits per heavy atom. The highest BCUT2D eigenvalue weighted by atomic mass is 35.5. The predicted octanol–water partition coefficient (Wildman–Crippen LogP) is 1.88. The van der Waals surface area contributed by atoms with Crippen molar-refractivity contribution < 1.29 is 9.90 Å². The van der Waals surface area contributed by atoms with Gasteiger partial charge in [-0.15, -0.1) is 0 Å². The van der Waals surface area contributed by atoms with Gasteiger partial charge in [0.2, 0.25) is 11.9 Å². The van der Waals surface area contributed by atoms with Crippen LogP contribution < -0.4 is 16.8 Å². The molecule has 8 heteroatoms. The maximum atomic E-state index is 9.00. The average molecular weight is 314 g/mol. The van der Waals surface area contributed by atoms with Gasteiger partial charge < -0.3 is 21.9 Å². The summed E-state index contributed by atoms with van der Waals surface area (Å²) in [7, 11) is 0. The molecule has 0 amide bonds. The van der Waals surface area contributed by atoms with Crippen molar-refractivity contribution in [1.82, 2.24) is 0 Å². The van der Waals surface area contributed by atoms with Crippen molar-refractivity contribution in [1.29, 1.82) is 0 Å². The van der Waals surface area contributed by atoms with Gasteiger partial charge in [0.25, 0.3) is 5.97 Å². The van der Waals surface area contributed by atoms with Crippen LogP contribution >= 0.6 is 11.6 Å². The third-order valence-electron chi connectivity index (χ3n) is 1.74. The number of carboxylic acid groups (broad SMARTS) is 1. The number of nitrogens with zero attached hydrogens (tertiary/aromatic N) is 2. The smallest absolute Gasteiger partial charge is 0.300 e. The van der Waals surface area contributed by atoms with E-state index in [9.17, 15) is 0 Å².